The van der Waals surface area contributed by atoms with E-state index in [0.717, 1.165) is 16.5 Å². The Labute approximate surface area is 182 Å². The van der Waals surface area contributed by atoms with Crippen LogP contribution < -0.4 is 4.72 Å². The molecule has 0 saturated carbocycles. The zero-order chi connectivity index (χ0) is 22.4. The molecule has 0 aliphatic rings. The highest BCUT2D eigenvalue weighted by molar-refractivity contribution is 7.86. The van der Waals surface area contributed by atoms with Crippen molar-refractivity contribution in [2.24, 2.45) is 0 Å². The van der Waals surface area contributed by atoms with Gasteiger partial charge in [-0.05, 0) is 36.8 Å². The Balaban J connectivity index is 0.00000132. The molecule has 5 nitrogen and oxygen atoms in total. The van der Waals surface area contributed by atoms with Gasteiger partial charge in [-0.3, -0.25) is 9.67 Å². The van der Waals surface area contributed by atoms with Gasteiger partial charge in [-0.2, -0.15) is 5.10 Å². The van der Waals surface area contributed by atoms with Crippen LogP contribution in [0.2, 0.25) is 0 Å². The van der Waals surface area contributed by atoms with Crippen molar-refractivity contribution in [3.05, 3.63) is 83.9 Å². The van der Waals surface area contributed by atoms with Crippen LogP contribution in [-0.4, -0.2) is 19.0 Å². The van der Waals surface area contributed by atoms with Crippen molar-refractivity contribution in [2.45, 2.75) is 38.6 Å². The van der Waals surface area contributed by atoms with Crippen molar-refractivity contribution in [1.82, 2.24) is 14.8 Å². The van der Waals surface area contributed by atoms with Crippen LogP contribution in [0.4, 0.5) is 14.5 Å². The summed E-state index contributed by atoms with van der Waals surface area (Å²) >= 11 is 0. The molecular weight excluding hydrogens is 418 g/mol. The number of alkyl halides is 2. The first-order valence-electron chi connectivity index (χ1n) is 9.93. The van der Waals surface area contributed by atoms with Gasteiger partial charge in [-0.25, -0.2) is 13.0 Å². The average Bonchev–Trinajstić information content (AvgIpc) is 3.20. The summed E-state index contributed by atoms with van der Waals surface area (Å²) in [4.78, 5) is 4.64. The molecule has 8 heteroatoms. The second kappa shape index (κ2) is 10.3. The number of anilines is 1. The minimum Gasteiger partial charge on any atom is -0.301 e. The molecule has 4 rings (SSSR count). The van der Waals surface area contributed by atoms with Gasteiger partial charge in [-0.1, -0.05) is 38.1 Å². The second-order valence-electron chi connectivity index (χ2n) is 6.60. The molecule has 1 N–H and O–H groups in total. The molecule has 0 aliphatic carbocycles. The molecule has 2 heterocycles. The first-order chi connectivity index (χ1) is 15.0. The first-order valence-corrected chi connectivity index (χ1v) is 11.1. The lowest BCUT2D eigenvalue weighted by atomic mass is 10.1. The minimum absolute atomic E-state index is 0.132. The lowest BCUT2D eigenvalue weighted by molar-refractivity contribution is 0.151. The van der Waals surface area contributed by atoms with Crippen LogP contribution in [0.1, 0.15) is 37.1 Å². The van der Waals surface area contributed by atoms with Crippen molar-refractivity contribution in [2.75, 3.05) is 4.72 Å². The van der Waals surface area contributed by atoms with Gasteiger partial charge in [0.25, 0.3) is 6.43 Å². The Morgan fingerprint density at radius 2 is 1.94 bits per heavy atom. The molecule has 162 valence electrons. The summed E-state index contributed by atoms with van der Waals surface area (Å²) in [5.74, 6) is 0. The highest BCUT2D eigenvalue weighted by Crippen LogP contribution is 2.28. The molecule has 0 spiro atoms. The maximum Gasteiger partial charge on any atom is 0.263 e. The molecular formula is C23H24F2N4OS. The number of pyridine rings is 1. The van der Waals surface area contributed by atoms with Crippen LogP contribution in [0, 0.1) is 6.92 Å². The van der Waals surface area contributed by atoms with Gasteiger partial charge < -0.3 is 4.72 Å². The molecule has 1 atom stereocenters. The number of benzene rings is 2. The third-order valence-corrected chi connectivity index (χ3v) is 5.70. The molecule has 0 bridgehead atoms. The van der Waals surface area contributed by atoms with E-state index in [2.05, 4.69) is 14.8 Å². The van der Waals surface area contributed by atoms with Crippen molar-refractivity contribution in [3.63, 3.8) is 0 Å². The molecule has 0 fully saturated rings. The maximum atomic E-state index is 13.2. The van der Waals surface area contributed by atoms with E-state index in [1.807, 2.05) is 39.1 Å². The normalized spacial score (nSPS) is 11.8. The van der Waals surface area contributed by atoms with Crippen molar-refractivity contribution in [3.8, 4) is 0 Å². The largest absolute Gasteiger partial charge is 0.301 e. The molecule has 2 aromatic heterocycles. The van der Waals surface area contributed by atoms with Crippen molar-refractivity contribution >= 4 is 27.4 Å². The van der Waals surface area contributed by atoms with E-state index in [4.69, 9.17) is 0 Å². The third kappa shape index (κ3) is 5.32. The number of halogens is 2. The molecule has 0 saturated heterocycles. The van der Waals surface area contributed by atoms with Gasteiger partial charge in [-0.15, -0.1) is 0 Å². The van der Waals surface area contributed by atoms with E-state index < -0.39 is 17.4 Å². The number of nitrogens with zero attached hydrogens (tertiary/aromatic N) is 3. The number of hydrogen-bond acceptors (Lipinski definition) is 3. The lowest BCUT2D eigenvalue weighted by Gasteiger charge is -2.14. The molecule has 1 unspecified atom stereocenters. The number of aromatic nitrogens is 3. The summed E-state index contributed by atoms with van der Waals surface area (Å²) in [6.45, 7) is 6.25. The van der Waals surface area contributed by atoms with E-state index in [1.165, 1.54) is 12.1 Å². The topological polar surface area (TPSA) is 59.8 Å². The van der Waals surface area contributed by atoms with Crippen LogP contribution in [0.5, 0.6) is 0 Å². The third-order valence-electron chi connectivity index (χ3n) is 4.54. The predicted octanol–water partition coefficient (Wildman–Crippen LogP) is 5.89. The van der Waals surface area contributed by atoms with Gasteiger partial charge in [0.2, 0.25) is 0 Å². The summed E-state index contributed by atoms with van der Waals surface area (Å²) in [5.41, 5.74) is 1.83. The SMILES string of the molecule is CC.Cc1ccn(Cc2ccc(C(F)F)cc2NS(=O)c2cccc3cnccc23)n1. The van der Waals surface area contributed by atoms with Crippen LogP contribution in [0.25, 0.3) is 10.8 Å². The van der Waals surface area contributed by atoms with Crippen molar-refractivity contribution in [1.29, 1.82) is 0 Å². The fourth-order valence-corrected chi connectivity index (χ4v) is 4.19. The second-order valence-corrected chi connectivity index (χ2v) is 7.78. The number of rotatable bonds is 6. The minimum atomic E-state index is -2.62. The van der Waals surface area contributed by atoms with Gasteiger partial charge in [0, 0.05) is 34.9 Å². The van der Waals surface area contributed by atoms with Gasteiger partial charge in [0.15, 0.2) is 11.0 Å². The zero-order valence-corrected chi connectivity index (χ0v) is 18.4. The maximum absolute atomic E-state index is 13.2. The molecule has 31 heavy (non-hydrogen) atoms. The Morgan fingerprint density at radius 3 is 2.65 bits per heavy atom. The molecule has 4 aromatic rings. The Kier molecular flexibility index (Phi) is 7.46. The summed E-state index contributed by atoms with van der Waals surface area (Å²) < 4.78 is 44.2. The van der Waals surface area contributed by atoms with E-state index in [0.29, 0.717) is 22.7 Å². The fourth-order valence-electron chi connectivity index (χ4n) is 3.10. The highest BCUT2D eigenvalue weighted by atomic mass is 32.2. The summed E-state index contributed by atoms with van der Waals surface area (Å²) in [6.07, 6.45) is 2.52. The first kappa shape index (κ1) is 22.6. The summed E-state index contributed by atoms with van der Waals surface area (Å²) in [7, 11) is -1.65. The summed E-state index contributed by atoms with van der Waals surface area (Å²) in [5, 5.41) is 5.99. The highest BCUT2D eigenvalue weighted by Gasteiger charge is 2.15. The quantitative estimate of drug-likeness (QED) is 0.405. The standard InChI is InChI=1S/C21H18F2N4OS.C2H6/c1-14-8-10-27(25-14)13-17-6-5-15(21(22)23)11-19(17)26-29(28)20-4-2-3-16-12-24-9-7-18(16)20;1-2/h2-12,21,26H,13H2,1H3;1-2H3. The smallest absolute Gasteiger partial charge is 0.263 e. The van der Waals surface area contributed by atoms with Gasteiger partial charge in [0.1, 0.15) is 0 Å². The van der Waals surface area contributed by atoms with Crippen LogP contribution in [-0.2, 0) is 17.5 Å². The van der Waals surface area contributed by atoms with Gasteiger partial charge in [0.05, 0.1) is 22.8 Å². The molecule has 0 amide bonds. The molecule has 0 radical (unpaired) electrons. The lowest BCUT2D eigenvalue weighted by Crippen LogP contribution is -2.10. The van der Waals surface area contributed by atoms with E-state index in [-0.39, 0.29) is 5.56 Å². The predicted molar refractivity (Wildman–Crippen MR) is 121 cm³/mol. The Morgan fingerprint density at radius 1 is 1.13 bits per heavy atom. The Hall–Kier alpha value is -3.13. The number of fused-ring (bicyclic) bond motifs is 1. The molecule has 0 aliphatic heterocycles. The monoisotopic (exact) mass is 442 g/mol. The number of aryl methyl sites for hydroxylation is 1. The van der Waals surface area contributed by atoms with Gasteiger partial charge >= 0.3 is 0 Å². The zero-order valence-electron chi connectivity index (χ0n) is 17.5. The Bertz CT molecular complexity index is 1190. The van der Waals surface area contributed by atoms with Crippen molar-refractivity contribution < 1.29 is 13.0 Å². The number of nitrogens with one attached hydrogen (secondary N) is 1. The average molecular weight is 443 g/mol. The van der Waals surface area contributed by atoms with Crippen LogP contribution >= 0.6 is 0 Å². The van der Waals surface area contributed by atoms with E-state index in [9.17, 15) is 13.0 Å². The summed E-state index contributed by atoms with van der Waals surface area (Å²) in [6, 6.07) is 13.4. The van der Waals surface area contributed by atoms with E-state index >= 15 is 0 Å². The van der Waals surface area contributed by atoms with Crippen LogP contribution in [0.3, 0.4) is 0 Å². The van der Waals surface area contributed by atoms with E-state index in [1.54, 1.807) is 41.3 Å². The molecule has 2 aromatic carbocycles. The van der Waals surface area contributed by atoms with Crippen LogP contribution in [0.15, 0.2) is 72.0 Å². The number of hydrogen-bond donors (Lipinski definition) is 1. The fraction of sp³-hybridized carbons (Fsp3) is 0.217.